The van der Waals surface area contributed by atoms with E-state index in [-0.39, 0.29) is 11.3 Å². The standard InChI is InChI=1S/C13H19ClN2O/c1-13(2,3)6-7-17-11-8-9(14)4-5-10(11)12(15)16/h4-5,8H,6-7H2,1-3H3,(H3,15,16). The van der Waals surface area contributed by atoms with Crippen LogP contribution in [0.25, 0.3) is 0 Å². The smallest absolute Gasteiger partial charge is 0.131 e. The van der Waals surface area contributed by atoms with Gasteiger partial charge < -0.3 is 10.5 Å². The molecule has 1 rings (SSSR count). The summed E-state index contributed by atoms with van der Waals surface area (Å²) < 4.78 is 5.65. The Morgan fingerprint density at radius 3 is 2.59 bits per heavy atom. The minimum atomic E-state index is -0.00701. The first-order valence-corrected chi connectivity index (χ1v) is 5.94. The monoisotopic (exact) mass is 254 g/mol. The van der Waals surface area contributed by atoms with Gasteiger partial charge in [0.1, 0.15) is 11.6 Å². The van der Waals surface area contributed by atoms with Gasteiger partial charge in [-0.05, 0) is 30.0 Å². The summed E-state index contributed by atoms with van der Waals surface area (Å²) in [5, 5.41) is 8.04. The molecule has 0 heterocycles. The van der Waals surface area contributed by atoms with Crippen LogP contribution in [0.4, 0.5) is 0 Å². The molecule has 1 aromatic carbocycles. The van der Waals surface area contributed by atoms with Crippen LogP contribution in [-0.4, -0.2) is 12.4 Å². The Kier molecular flexibility index (Phi) is 4.40. The average molecular weight is 255 g/mol. The van der Waals surface area contributed by atoms with Gasteiger partial charge in [-0.2, -0.15) is 0 Å². The second kappa shape index (κ2) is 5.41. The van der Waals surface area contributed by atoms with Crippen molar-refractivity contribution < 1.29 is 4.74 Å². The quantitative estimate of drug-likeness (QED) is 0.639. The molecule has 3 nitrogen and oxygen atoms in total. The van der Waals surface area contributed by atoms with Gasteiger partial charge in [-0.15, -0.1) is 0 Å². The minimum absolute atomic E-state index is 0.00701. The molecule has 0 aliphatic carbocycles. The Morgan fingerprint density at radius 2 is 2.06 bits per heavy atom. The molecule has 0 atom stereocenters. The third-order valence-corrected chi connectivity index (χ3v) is 2.58. The van der Waals surface area contributed by atoms with Gasteiger partial charge in [-0.3, -0.25) is 5.41 Å². The van der Waals surface area contributed by atoms with Crippen LogP contribution in [0.15, 0.2) is 18.2 Å². The zero-order chi connectivity index (χ0) is 13.1. The lowest BCUT2D eigenvalue weighted by atomic mass is 9.93. The summed E-state index contributed by atoms with van der Waals surface area (Å²) in [7, 11) is 0. The molecule has 0 spiro atoms. The maximum atomic E-state index is 7.46. The van der Waals surface area contributed by atoms with E-state index in [2.05, 4.69) is 20.8 Å². The third-order valence-electron chi connectivity index (χ3n) is 2.34. The fourth-order valence-electron chi connectivity index (χ4n) is 1.31. The van der Waals surface area contributed by atoms with E-state index in [0.29, 0.717) is 22.9 Å². The van der Waals surface area contributed by atoms with Crippen LogP contribution < -0.4 is 10.5 Å². The zero-order valence-corrected chi connectivity index (χ0v) is 11.3. The molecule has 4 heteroatoms. The predicted octanol–water partition coefficient (Wildman–Crippen LogP) is 3.44. The molecule has 0 aromatic heterocycles. The highest BCUT2D eigenvalue weighted by atomic mass is 35.5. The summed E-state index contributed by atoms with van der Waals surface area (Å²) in [5.41, 5.74) is 6.29. The molecule has 94 valence electrons. The van der Waals surface area contributed by atoms with Crippen molar-refractivity contribution in [2.24, 2.45) is 11.1 Å². The fourth-order valence-corrected chi connectivity index (χ4v) is 1.47. The van der Waals surface area contributed by atoms with Gasteiger partial charge in [0.05, 0.1) is 12.2 Å². The second-order valence-corrected chi connectivity index (χ2v) is 5.65. The topological polar surface area (TPSA) is 59.1 Å². The lowest BCUT2D eigenvalue weighted by Crippen LogP contribution is -2.15. The molecular formula is C13H19ClN2O. The van der Waals surface area contributed by atoms with Gasteiger partial charge in [-0.25, -0.2) is 0 Å². The third kappa shape index (κ3) is 4.65. The summed E-state index contributed by atoms with van der Waals surface area (Å²) in [4.78, 5) is 0. The van der Waals surface area contributed by atoms with E-state index in [9.17, 15) is 0 Å². The largest absolute Gasteiger partial charge is 0.493 e. The van der Waals surface area contributed by atoms with E-state index in [1.165, 1.54) is 0 Å². The Balaban J connectivity index is 2.75. The lowest BCUT2D eigenvalue weighted by molar-refractivity contribution is 0.242. The maximum Gasteiger partial charge on any atom is 0.131 e. The summed E-state index contributed by atoms with van der Waals surface area (Å²) in [6.07, 6.45) is 0.927. The van der Waals surface area contributed by atoms with E-state index in [0.717, 1.165) is 6.42 Å². The number of nitrogens with two attached hydrogens (primary N) is 1. The van der Waals surface area contributed by atoms with E-state index < -0.39 is 0 Å². The minimum Gasteiger partial charge on any atom is -0.493 e. The fraction of sp³-hybridized carbons (Fsp3) is 0.462. The van der Waals surface area contributed by atoms with Crippen LogP contribution in [-0.2, 0) is 0 Å². The summed E-state index contributed by atoms with van der Waals surface area (Å²) in [6, 6.07) is 5.10. The van der Waals surface area contributed by atoms with Gasteiger partial charge >= 0.3 is 0 Å². The molecule has 17 heavy (non-hydrogen) atoms. The molecule has 0 aliphatic rings. The number of hydrogen-bond acceptors (Lipinski definition) is 2. The van der Waals surface area contributed by atoms with Gasteiger partial charge in [-0.1, -0.05) is 32.4 Å². The SMILES string of the molecule is CC(C)(C)CCOc1cc(Cl)ccc1C(=N)N. The molecular weight excluding hydrogens is 236 g/mol. The Bertz CT molecular complexity index is 410. The summed E-state index contributed by atoms with van der Waals surface area (Å²) in [5.74, 6) is 0.571. The molecule has 0 saturated heterocycles. The number of nitrogen functional groups attached to an aromatic ring is 1. The van der Waals surface area contributed by atoms with E-state index in [1.54, 1.807) is 18.2 Å². The lowest BCUT2D eigenvalue weighted by Gasteiger charge is -2.19. The van der Waals surface area contributed by atoms with E-state index >= 15 is 0 Å². The maximum absolute atomic E-state index is 7.46. The number of benzene rings is 1. The van der Waals surface area contributed by atoms with Gasteiger partial charge in [0.2, 0.25) is 0 Å². The molecule has 1 aromatic rings. The molecule has 0 unspecified atom stereocenters. The Morgan fingerprint density at radius 1 is 1.41 bits per heavy atom. The van der Waals surface area contributed by atoms with Crippen molar-refractivity contribution in [1.29, 1.82) is 5.41 Å². The Labute approximate surface area is 107 Å². The highest BCUT2D eigenvalue weighted by Gasteiger charge is 2.12. The van der Waals surface area contributed by atoms with Crippen LogP contribution in [0.3, 0.4) is 0 Å². The van der Waals surface area contributed by atoms with E-state index in [1.807, 2.05) is 0 Å². The molecule has 3 N–H and O–H groups in total. The van der Waals surface area contributed by atoms with Crippen molar-refractivity contribution in [1.82, 2.24) is 0 Å². The van der Waals surface area contributed by atoms with Gasteiger partial charge in [0.15, 0.2) is 0 Å². The highest BCUT2D eigenvalue weighted by Crippen LogP contribution is 2.25. The van der Waals surface area contributed by atoms with Crippen molar-refractivity contribution in [2.75, 3.05) is 6.61 Å². The first-order chi connectivity index (χ1) is 7.79. The molecule has 0 fully saturated rings. The summed E-state index contributed by atoms with van der Waals surface area (Å²) in [6.45, 7) is 7.05. The van der Waals surface area contributed by atoms with Crippen LogP contribution in [0.2, 0.25) is 5.02 Å². The predicted molar refractivity (Wildman–Crippen MR) is 72.0 cm³/mol. The number of halogens is 1. The first-order valence-electron chi connectivity index (χ1n) is 5.56. The zero-order valence-electron chi connectivity index (χ0n) is 10.5. The van der Waals surface area contributed by atoms with Crippen LogP contribution in [0.1, 0.15) is 32.8 Å². The molecule has 0 saturated carbocycles. The molecule has 0 bridgehead atoms. The van der Waals surface area contributed by atoms with Crippen molar-refractivity contribution in [3.05, 3.63) is 28.8 Å². The molecule has 0 aliphatic heterocycles. The van der Waals surface area contributed by atoms with Crippen LogP contribution in [0.5, 0.6) is 5.75 Å². The molecule has 0 radical (unpaired) electrons. The number of ether oxygens (including phenoxy) is 1. The summed E-state index contributed by atoms with van der Waals surface area (Å²) >= 11 is 5.90. The van der Waals surface area contributed by atoms with Crippen molar-refractivity contribution in [3.63, 3.8) is 0 Å². The number of amidine groups is 1. The number of nitrogens with one attached hydrogen (secondary N) is 1. The van der Waals surface area contributed by atoms with Crippen molar-refractivity contribution in [3.8, 4) is 5.75 Å². The average Bonchev–Trinajstić information content (AvgIpc) is 2.15. The van der Waals surface area contributed by atoms with Gasteiger partial charge in [0.25, 0.3) is 0 Å². The van der Waals surface area contributed by atoms with Gasteiger partial charge in [0, 0.05) is 5.02 Å². The van der Waals surface area contributed by atoms with Crippen molar-refractivity contribution >= 4 is 17.4 Å². The Hall–Kier alpha value is -1.22. The first kappa shape index (κ1) is 13.8. The number of hydrogen-bond donors (Lipinski definition) is 2. The number of rotatable bonds is 4. The van der Waals surface area contributed by atoms with E-state index in [4.69, 9.17) is 27.5 Å². The highest BCUT2D eigenvalue weighted by molar-refractivity contribution is 6.30. The normalized spacial score (nSPS) is 11.3. The van der Waals surface area contributed by atoms with Crippen LogP contribution >= 0.6 is 11.6 Å². The van der Waals surface area contributed by atoms with Crippen LogP contribution in [0, 0.1) is 10.8 Å². The van der Waals surface area contributed by atoms with Crippen molar-refractivity contribution in [2.45, 2.75) is 27.2 Å². The second-order valence-electron chi connectivity index (χ2n) is 5.21. The molecule has 0 amide bonds.